The van der Waals surface area contributed by atoms with E-state index in [4.69, 9.17) is 10.2 Å². The van der Waals surface area contributed by atoms with Gasteiger partial charge in [-0.05, 0) is 30.0 Å². The second-order valence-electron chi connectivity index (χ2n) is 3.77. The van der Waals surface area contributed by atoms with Crippen molar-refractivity contribution >= 4 is 16.7 Å². The molecule has 1 aromatic heterocycles. The van der Waals surface area contributed by atoms with Crippen molar-refractivity contribution in [2.75, 3.05) is 6.54 Å². The summed E-state index contributed by atoms with van der Waals surface area (Å²) in [6.45, 7) is 0.583. The van der Waals surface area contributed by atoms with Gasteiger partial charge < -0.3 is 10.2 Å². The molecule has 0 amide bonds. The highest BCUT2D eigenvalue weighted by molar-refractivity contribution is 5.91. The van der Waals surface area contributed by atoms with E-state index in [-0.39, 0.29) is 0 Å². The average molecular weight is 200 g/mol. The number of hydrogen-bond donors (Lipinski definition) is 1. The van der Waals surface area contributed by atoms with Crippen molar-refractivity contribution < 1.29 is 4.42 Å². The maximum absolute atomic E-state index is 5.56. The van der Waals surface area contributed by atoms with Gasteiger partial charge in [0.25, 0.3) is 0 Å². The molecule has 0 spiro atoms. The van der Waals surface area contributed by atoms with E-state index in [1.54, 1.807) is 0 Å². The predicted molar refractivity (Wildman–Crippen MR) is 59.4 cm³/mol. The summed E-state index contributed by atoms with van der Waals surface area (Å²) in [4.78, 5) is 4.17. The van der Waals surface area contributed by atoms with Crippen molar-refractivity contribution in [2.45, 2.75) is 12.8 Å². The summed E-state index contributed by atoms with van der Waals surface area (Å²) in [5.74, 6) is 0. The number of rotatable bonds is 1. The van der Waals surface area contributed by atoms with Gasteiger partial charge in [-0.1, -0.05) is 12.1 Å². The molecular formula is C12H12N2O. The summed E-state index contributed by atoms with van der Waals surface area (Å²) in [5, 5.41) is 0. The fourth-order valence-electron chi connectivity index (χ4n) is 2.27. The minimum absolute atomic E-state index is 0.583. The van der Waals surface area contributed by atoms with Gasteiger partial charge in [0, 0.05) is 12.1 Å². The second-order valence-corrected chi connectivity index (χ2v) is 3.77. The molecule has 3 heteroatoms. The molecule has 2 N–H and O–H groups in total. The molecule has 0 fully saturated rings. The summed E-state index contributed by atoms with van der Waals surface area (Å²) in [6.07, 6.45) is 5.72. The van der Waals surface area contributed by atoms with Crippen LogP contribution in [0.4, 0.5) is 0 Å². The molecule has 3 nitrogen and oxygen atoms in total. The Morgan fingerprint density at radius 2 is 2.33 bits per heavy atom. The van der Waals surface area contributed by atoms with Crippen LogP contribution in [-0.2, 0) is 6.42 Å². The van der Waals surface area contributed by atoms with Crippen LogP contribution < -0.4 is 5.73 Å². The smallest absolute Gasteiger partial charge is 0.182 e. The fraction of sp³-hybridized carbons (Fsp3) is 0.250. The molecule has 1 aliphatic rings. The molecule has 0 radical (unpaired) electrons. The lowest BCUT2D eigenvalue weighted by Crippen LogP contribution is -1.94. The quantitative estimate of drug-likeness (QED) is 0.767. The highest BCUT2D eigenvalue weighted by atomic mass is 16.3. The molecule has 2 aromatic rings. The molecule has 0 unspecified atom stereocenters. The van der Waals surface area contributed by atoms with Gasteiger partial charge in [-0.15, -0.1) is 0 Å². The highest BCUT2D eigenvalue weighted by Crippen LogP contribution is 2.36. The molecule has 0 saturated carbocycles. The Labute approximate surface area is 87.6 Å². The minimum atomic E-state index is 0.583. The first-order valence-corrected chi connectivity index (χ1v) is 5.14. The van der Waals surface area contributed by atoms with Crippen LogP contribution in [0.2, 0.25) is 0 Å². The average Bonchev–Trinajstić information content (AvgIpc) is 2.83. The molecule has 1 heterocycles. The third-order valence-electron chi connectivity index (χ3n) is 2.93. The van der Waals surface area contributed by atoms with Crippen LogP contribution in [0.1, 0.15) is 17.5 Å². The largest absolute Gasteiger partial charge is 0.443 e. The standard InChI is InChI=1S/C12H12N2O/c13-6-5-9-2-1-8-3-4-10-12(11(8)9)15-7-14-10/h3-5,7H,1-2,6,13H2/b9-5-. The Kier molecular flexibility index (Phi) is 1.86. The molecular weight excluding hydrogens is 188 g/mol. The van der Waals surface area contributed by atoms with Crippen LogP contribution in [0.5, 0.6) is 0 Å². The first-order valence-electron chi connectivity index (χ1n) is 5.14. The van der Waals surface area contributed by atoms with Gasteiger partial charge in [0.05, 0.1) is 0 Å². The molecule has 0 bridgehead atoms. The Hall–Kier alpha value is -1.61. The van der Waals surface area contributed by atoms with Crippen molar-refractivity contribution in [3.05, 3.63) is 35.7 Å². The summed E-state index contributed by atoms with van der Waals surface area (Å²) in [6, 6.07) is 4.15. The number of allylic oxidation sites excluding steroid dienone is 1. The first kappa shape index (κ1) is 8.68. The van der Waals surface area contributed by atoms with E-state index >= 15 is 0 Å². The number of nitrogens with zero attached hydrogens (tertiary/aromatic N) is 1. The van der Waals surface area contributed by atoms with Crippen LogP contribution in [0.25, 0.3) is 16.7 Å². The Morgan fingerprint density at radius 3 is 3.20 bits per heavy atom. The predicted octanol–water partition coefficient (Wildman–Crippen LogP) is 2.12. The topological polar surface area (TPSA) is 52.0 Å². The lowest BCUT2D eigenvalue weighted by molar-refractivity contribution is 0.601. The molecule has 0 aliphatic heterocycles. The molecule has 15 heavy (non-hydrogen) atoms. The van der Waals surface area contributed by atoms with Gasteiger partial charge in [-0.2, -0.15) is 0 Å². The van der Waals surface area contributed by atoms with Gasteiger partial charge in [-0.25, -0.2) is 4.98 Å². The van der Waals surface area contributed by atoms with Gasteiger partial charge >= 0.3 is 0 Å². The zero-order valence-corrected chi connectivity index (χ0v) is 8.36. The maximum Gasteiger partial charge on any atom is 0.182 e. The molecule has 1 aliphatic carbocycles. The van der Waals surface area contributed by atoms with Crippen LogP contribution in [-0.4, -0.2) is 11.5 Å². The van der Waals surface area contributed by atoms with Crippen molar-refractivity contribution in [3.63, 3.8) is 0 Å². The summed E-state index contributed by atoms with van der Waals surface area (Å²) >= 11 is 0. The molecule has 3 rings (SSSR count). The van der Waals surface area contributed by atoms with E-state index in [0.717, 1.165) is 23.9 Å². The summed E-state index contributed by atoms with van der Waals surface area (Å²) in [5.41, 5.74) is 11.3. The number of aromatic nitrogens is 1. The van der Waals surface area contributed by atoms with Crippen LogP contribution in [0, 0.1) is 0 Å². The third kappa shape index (κ3) is 1.20. The Morgan fingerprint density at radius 1 is 1.40 bits per heavy atom. The van der Waals surface area contributed by atoms with Crippen LogP contribution >= 0.6 is 0 Å². The van der Waals surface area contributed by atoms with E-state index in [1.165, 1.54) is 23.1 Å². The molecule has 0 saturated heterocycles. The SMILES string of the molecule is NC/C=C1/CCc2ccc3ncoc3c21. The van der Waals surface area contributed by atoms with Gasteiger partial charge in [0.1, 0.15) is 5.52 Å². The van der Waals surface area contributed by atoms with Gasteiger partial charge in [0.2, 0.25) is 0 Å². The van der Waals surface area contributed by atoms with Crippen LogP contribution in [0.3, 0.4) is 0 Å². The van der Waals surface area contributed by atoms with E-state index in [0.29, 0.717) is 6.54 Å². The number of nitrogens with two attached hydrogens (primary N) is 1. The number of fused-ring (bicyclic) bond motifs is 3. The highest BCUT2D eigenvalue weighted by Gasteiger charge is 2.20. The number of hydrogen-bond acceptors (Lipinski definition) is 3. The molecule has 1 aromatic carbocycles. The van der Waals surface area contributed by atoms with Crippen molar-refractivity contribution in [1.82, 2.24) is 4.98 Å². The monoisotopic (exact) mass is 200 g/mol. The Balaban J connectivity index is 2.31. The lowest BCUT2D eigenvalue weighted by atomic mass is 10.1. The van der Waals surface area contributed by atoms with Crippen molar-refractivity contribution in [1.29, 1.82) is 0 Å². The number of oxazole rings is 1. The number of aryl methyl sites for hydroxylation is 1. The van der Waals surface area contributed by atoms with E-state index in [1.807, 2.05) is 6.07 Å². The second kappa shape index (κ2) is 3.21. The summed E-state index contributed by atoms with van der Waals surface area (Å²) < 4.78 is 5.44. The van der Waals surface area contributed by atoms with Gasteiger partial charge in [-0.3, -0.25) is 0 Å². The third-order valence-corrected chi connectivity index (χ3v) is 2.93. The van der Waals surface area contributed by atoms with Crippen molar-refractivity contribution in [2.24, 2.45) is 5.73 Å². The summed E-state index contributed by atoms with van der Waals surface area (Å²) in [7, 11) is 0. The molecule has 76 valence electrons. The lowest BCUT2D eigenvalue weighted by Gasteiger charge is -2.00. The van der Waals surface area contributed by atoms with E-state index < -0.39 is 0 Å². The van der Waals surface area contributed by atoms with E-state index in [9.17, 15) is 0 Å². The Bertz CT molecular complexity index is 540. The number of benzene rings is 1. The zero-order valence-electron chi connectivity index (χ0n) is 8.36. The normalized spacial score (nSPS) is 17.5. The maximum atomic E-state index is 5.56. The fourth-order valence-corrected chi connectivity index (χ4v) is 2.27. The van der Waals surface area contributed by atoms with Crippen molar-refractivity contribution in [3.8, 4) is 0 Å². The first-order chi connectivity index (χ1) is 7.40. The van der Waals surface area contributed by atoms with Gasteiger partial charge in [0.15, 0.2) is 12.0 Å². The minimum Gasteiger partial charge on any atom is -0.443 e. The van der Waals surface area contributed by atoms with Crippen LogP contribution in [0.15, 0.2) is 29.0 Å². The van der Waals surface area contributed by atoms with E-state index in [2.05, 4.69) is 17.1 Å². The molecule has 0 atom stereocenters. The zero-order chi connectivity index (χ0) is 10.3.